The monoisotopic (exact) mass is 241 g/mol. The zero-order chi connectivity index (χ0) is 12.0. The molecule has 0 aliphatic rings. The minimum absolute atomic E-state index is 0.247. The maximum Gasteiger partial charge on any atom is 0.136 e. The lowest BCUT2D eigenvalue weighted by Gasteiger charge is -2.10. The van der Waals surface area contributed by atoms with E-state index in [2.05, 4.69) is 0 Å². The van der Waals surface area contributed by atoms with Crippen molar-refractivity contribution in [3.8, 4) is 11.5 Å². The molecule has 4 heteroatoms. The van der Waals surface area contributed by atoms with Gasteiger partial charge in [-0.15, -0.1) is 11.8 Å². The zero-order valence-corrected chi connectivity index (χ0v) is 10.8. The molecule has 90 valence electrons. The predicted molar refractivity (Wildman–Crippen MR) is 68.5 cm³/mol. The predicted octanol–water partition coefficient (Wildman–Crippen LogP) is 2.53. The zero-order valence-electron chi connectivity index (χ0n) is 10.0. The molecule has 2 N–H and O–H groups in total. The Balaban J connectivity index is 2.64. The first-order chi connectivity index (χ1) is 7.67. The minimum Gasteiger partial charge on any atom is -0.497 e. The van der Waals surface area contributed by atoms with E-state index < -0.39 is 0 Å². The summed E-state index contributed by atoms with van der Waals surface area (Å²) in [6.07, 6.45) is 1.000. The molecule has 0 spiro atoms. The van der Waals surface area contributed by atoms with Crippen LogP contribution in [-0.2, 0) is 0 Å². The average molecular weight is 241 g/mol. The molecule has 1 unspecified atom stereocenters. The summed E-state index contributed by atoms with van der Waals surface area (Å²) in [4.78, 5) is 1.13. The Hall–Kier alpha value is -0.870. The number of nitrogens with two attached hydrogens (primary N) is 1. The van der Waals surface area contributed by atoms with E-state index in [-0.39, 0.29) is 6.04 Å². The van der Waals surface area contributed by atoms with E-state index in [0.29, 0.717) is 0 Å². The van der Waals surface area contributed by atoms with Gasteiger partial charge in [0.15, 0.2) is 0 Å². The van der Waals surface area contributed by atoms with Crippen LogP contribution in [0.3, 0.4) is 0 Å². The minimum atomic E-state index is 0.247. The van der Waals surface area contributed by atoms with Crippen molar-refractivity contribution in [1.82, 2.24) is 0 Å². The maximum atomic E-state index is 5.71. The Morgan fingerprint density at radius 1 is 1.31 bits per heavy atom. The van der Waals surface area contributed by atoms with Crippen LogP contribution in [0, 0.1) is 0 Å². The van der Waals surface area contributed by atoms with Gasteiger partial charge in [-0.3, -0.25) is 0 Å². The fraction of sp³-hybridized carbons (Fsp3) is 0.500. The highest BCUT2D eigenvalue weighted by Crippen LogP contribution is 2.32. The first kappa shape index (κ1) is 13.2. The van der Waals surface area contributed by atoms with Crippen LogP contribution in [0.4, 0.5) is 0 Å². The number of methoxy groups -OCH3 is 2. The second kappa shape index (κ2) is 6.66. The van der Waals surface area contributed by atoms with Crippen LogP contribution in [0.15, 0.2) is 23.1 Å². The number of benzene rings is 1. The molecule has 1 rings (SSSR count). The molecule has 0 radical (unpaired) electrons. The smallest absolute Gasteiger partial charge is 0.136 e. The number of hydrogen-bond acceptors (Lipinski definition) is 4. The Labute approximate surface area is 101 Å². The molecule has 1 aromatic rings. The fourth-order valence-electron chi connectivity index (χ4n) is 1.25. The van der Waals surface area contributed by atoms with Gasteiger partial charge in [-0.2, -0.15) is 0 Å². The van der Waals surface area contributed by atoms with Gasteiger partial charge >= 0.3 is 0 Å². The molecule has 0 aliphatic carbocycles. The van der Waals surface area contributed by atoms with Crippen LogP contribution < -0.4 is 15.2 Å². The van der Waals surface area contributed by atoms with E-state index >= 15 is 0 Å². The largest absolute Gasteiger partial charge is 0.497 e. The molecule has 1 atom stereocenters. The lowest BCUT2D eigenvalue weighted by Crippen LogP contribution is -2.15. The highest BCUT2D eigenvalue weighted by Gasteiger charge is 2.05. The van der Waals surface area contributed by atoms with E-state index in [1.54, 1.807) is 26.0 Å². The van der Waals surface area contributed by atoms with Gasteiger partial charge < -0.3 is 15.2 Å². The van der Waals surface area contributed by atoms with E-state index in [4.69, 9.17) is 15.2 Å². The molecule has 16 heavy (non-hydrogen) atoms. The summed E-state index contributed by atoms with van der Waals surface area (Å²) in [6.45, 7) is 2.02. The van der Waals surface area contributed by atoms with Crippen molar-refractivity contribution in [2.45, 2.75) is 24.3 Å². The molecule has 0 bridgehead atoms. The first-order valence-electron chi connectivity index (χ1n) is 5.27. The third kappa shape index (κ3) is 3.94. The quantitative estimate of drug-likeness (QED) is 0.777. The summed E-state index contributed by atoms with van der Waals surface area (Å²) >= 11 is 1.76. The summed E-state index contributed by atoms with van der Waals surface area (Å²) < 4.78 is 10.5. The molecule has 1 aromatic carbocycles. The Morgan fingerprint density at radius 2 is 2.06 bits per heavy atom. The third-order valence-electron chi connectivity index (χ3n) is 2.20. The van der Waals surface area contributed by atoms with Gasteiger partial charge in [-0.05, 0) is 31.2 Å². The normalized spacial score (nSPS) is 12.2. The van der Waals surface area contributed by atoms with Crippen molar-refractivity contribution < 1.29 is 9.47 Å². The summed E-state index contributed by atoms with van der Waals surface area (Å²) in [7, 11) is 3.32. The lowest BCUT2D eigenvalue weighted by molar-refractivity contribution is 0.387. The van der Waals surface area contributed by atoms with Crippen LogP contribution in [0.1, 0.15) is 13.3 Å². The fourth-order valence-corrected chi connectivity index (χ4v) is 2.41. The van der Waals surface area contributed by atoms with Crippen molar-refractivity contribution >= 4 is 11.8 Å². The lowest BCUT2D eigenvalue weighted by atomic mass is 10.3. The molecule has 0 aromatic heterocycles. The van der Waals surface area contributed by atoms with E-state index in [9.17, 15) is 0 Å². The van der Waals surface area contributed by atoms with Crippen LogP contribution in [0.25, 0.3) is 0 Å². The van der Waals surface area contributed by atoms with Crippen LogP contribution in [0.5, 0.6) is 11.5 Å². The van der Waals surface area contributed by atoms with Gasteiger partial charge in [0.05, 0.1) is 14.2 Å². The maximum absolute atomic E-state index is 5.71. The van der Waals surface area contributed by atoms with Crippen molar-refractivity contribution in [2.24, 2.45) is 5.73 Å². The van der Waals surface area contributed by atoms with E-state index in [1.807, 2.05) is 25.1 Å². The van der Waals surface area contributed by atoms with Gasteiger partial charge in [0.25, 0.3) is 0 Å². The number of rotatable bonds is 6. The van der Waals surface area contributed by atoms with Gasteiger partial charge in [0.1, 0.15) is 11.5 Å². The van der Waals surface area contributed by atoms with Crippen molar-refractivity contribution in [3.63, 3.8) is 0 Å². The molecule has 3 nitrogen and oxygen atoms in total. The van der Waals surface area contributed by atoms with Crippen LogP contribution >= 0.6 is 11.8 Å². The van der Waals surface area contributed by atoms with Gasteiger partial charge in [-0.25, -0.2) is 0 Å². The van der Waals surface area contributed by atoms with Gasteiger partial charge in [0.2, 0.25) is 0 Å². The SMILES string of the molecule is COc1ccc(SCCC(C)N)c(OC)c1. The number of thioether (sulfide) groups is 1. The number of ether oxygens (including phenoxy) is 2. The first-order valence-corrected chi connectivity index (χ1v) is 6.26. The molecule has 0 aliphatic heterocycles. The second-order valence-electron chi connectivity index (χ2n) is 3.63. The molecular weight excluding hydrogens is 222 g/mol. The highest BCUT2D eigenvalue weighted by molar-refractivity contribution is 7.99. The summed E-state index contributed by atoms with van der Waals surface area (Å²) in [5.74, 6) is 2.67. The number of hydrogen-bond donors (Lipinski definition) is 1. The van der Waals surface area contributed by atoms with Crippen molar-refractivity contribution in [2.75, 3.05) is 20.0 Å². The molecule has 0 amide bonds. The molecule has 0 saturated carbocycles. The van der Waals surface area contributed by atoms with Crippen LogP contribution in [-0.4, -0.2) is 26.0 Å². The summed E-state index contributed by atoms with van der Waals surface area (Å²) in [5.41, 5.74) is 5.71. The molecule has 0 fully saturated rings. The van der Waals surface area contributed by atoms with Gasteiger partial charge in [0, 0.05) is 17.0 Å². The van der Waals surface area contributed by atoms with Crippen molar-refractivity contribution in [3.05, 3.63) is 18.2 Å². The summed E-state index contributed by atoms with van der Waals surface area (Å²) in [6, 6.07) is 6.10. The Morgan fingerprint density at radius 3 is 2.62 bits per heavy atom. The summed E-state index contributed by atoms with van der Waals surface area (Å²) in [5, 5.41) is 0. The Kier molecular flexibility index (Phi) is 5.49. The molecular formula is C12H19NO2S. The van der Waals surface area contributed by atoms with E-state index in [0.717, 1.165) is 28.6 Å². The molecule has 0 saturated heterocycles. The van der Waals surface area contributed by atoms with Crippen LogP contribution in [0.2, 0.25) is 0 Å². The third-order valence-corrected chi connectivity index (χ3v) is 3.29. The second-order valence-corrected chi connectivity index (χ2v) is 4.77. The van der Waals surface area contributed by atoms with Crippen molar-refractivity contribution in [1.29, 1.82) is 0 Å². The topological polar surface area (TPSA) is 44.5 Å². The highest BCUT2D eigenvalue weighted by atomic mass is 32.2. The standard InChI is InChI=1S/C12H19NO2S/c1-9(13)6-7-16-12-5-4-10(14-2)8-11(12)15-3/h4-5,8-9H,6-7,13H2,1-3H3. The van der Waals surface area contributed by atoms with E-state index in [1.165, 1.54) is 0 Å². The van der Waals surface area contributed by atoms with Gasteiger partial charge in [-0.1, -0.05) is 0 Å². The average Bonchev–Trinajstić information content (AvgIpc) is 2.29. The Bertz CT molecular complexity index is 329. The molecule has 0 heterocycles.